The molecule has 0 saturated carbocycles. The van der Waals surface area contributed by atoms with E-state index in [-0.39, 0.29) is 13.1 Å². The van der Waals surface area contributed by atoms with Crippen LogP contribution in [0.4, 0.5) is 4.79 Å². The van der Waals surface area contributed by atoms with E-state index in [4.69, 9.17) is 10.3 Å². The predicted molar refractivity (Wildman–Crippen MR) is 56.7 cm³/mol. The number of aliphatic hydroxyl groups excluding tert-OH is 1. The van der Waals surface area contributed by atoms with Gasteiger partial charge in [0.15, 0.2) is 0 Å². The minimum absolute atomic E-state index is 0.137. The molecule has 0 unspecified atom stereocenters. The SMILES string of the molecule is CC(C)(C)OC(=O)N1C[C@@H](O)[C@@H](N=[N+]=[N-])C1. The number of ether oxygens (including phenoxy) is 1. The predicted octanol–water partition coefficient (Wildman–Crippen LogP) is 1.28. The zero-order valence-corrected chi connectivity index (χ0v) is 9.62. The highest BCUT2D eigenvalue weighted by molar-refractivity contribution is 5.68. The number of carbonyl (C=O) groups is 1. The van der Waals surface area contributed by atoms with Crippen LogP contribution in [0.1, 0.15) is 20.8 Å². The van der Waals surface area contributed by atoms with Gasteiger partial charge in [-0.1, -0.05) is 5.11 Å². The number of hydrogen-bond donors (Lipinski definition) is 1. The maximum absolute atomic E-state index is 11.6. The van der Waals surface area contributed by atoms with Gasteiger partial charge in [0.05, 0.1) is 18.7 Å². The lowest BCUT2D eigenvalue weighted by atomic mass is 10.2. The van der Waals surface area contributed by atoms with Crippen LogP contribution in [0.3, 0.4) is 0 Å². The van der Waals surface area contributed by atoms with Gasteiger partial charge in [-0.05, 0) is 26.3 Å². The van der Waals surface area contributed by atoms with Crippen LogP contribution in [0.15, 0.2) is 5.11 Å². The van der Waals surface area contributed by atoms with Crippen LogP contribution in [-0.2, 0) is 4.74 Å². The molecule has 0 aromatic rings. The van der Waals surface area contributed by atoms with Crippen LogP contribution >= 0.6 is 0 Å². The monoisotopic (exact) mass is 228 g/mol. The molecule has 1 N–H and O–H groups in total. The van der Waals surface area contributed by atoms with Crippen molar-refractivity contribution in [3.63, 3.8) is 0 Å². The topological polar surface area (TPSA) is 98.5 Å². The molecule has 1 aliphatic heterocycles. The van der Waals surface area contributed by atoms with Crippen molar-refractivity contribution in [2.75, 3.05) is 13.1 Å². The van der Waals surface area contributed by atoms with Crippen molar-refractivity contribution in [2.45, 2.75) is 38.5 Å². The fourth-order valence-electron chi connectivity index (χ4n) is 1.42. The van der Waals surface area contributed by atoms with E-state index in [0.29, 0.717) is 0 Å². The summed E-state index contributed by atoms with van der Waals surface area (Å²) in [6.07, 6.45) is -1.31. The van der Waals surface area contributed by atoms with Gasteiger partial charge < -0.3 is 14.7 Å². The van der Waals surface area contributed by atoms with Crippen LogP contribution in [-0.4, -0.2) is 46.9 Å². The third-order valence-electron chi connectivity index (χ3n) is 2.11. The van der Waals surface area contributed by atoms with Crippen molar-refractivity contribution in [1.29, 1.82) is 0 Å². The van der Waals surface area contributed by atoms with Crippen LogP contribution in [0.25, 0.3) is 10.4 Å². The van der Waals surface area contributed by atoms with E-state index >= 15 is 0 Å². The highest BCUT2D eigenvalue weighted by Crippen LogP contribution is 2.17. The first-order chi connectivity index (χ1) is 7.33. The molecule has 16 heavy (non-hydrogen) atoms. The number of rotatable bonds is 1. The average Bonchev–Trinajstić information content (AvgIpc) is 2.46. The number of β-amino-alcohol motifs (C(OH)–C–C–N with tert-alkyl or cyclic N) is 1. The first-order valence-electron chi connectivity index (χ1n) is 5.03. The molecule has 1 rings (SSSR count). The lowest BCUT2D eigenvalue weighted by Crippen LogP contribution is -2.36. The van der Waals surface area contributed by atoms with E-state index in [1.54, 1.807) is 20.8 Å². The van der Waals surface area contributed by atoms with Gasteiger partial charge in [0.1, 0.15) is 5.60 Å². The van der Waals surface area contributed by atoms with Gasteiger partial charge in [0, 0.05) is 11.5 Å². The molecule has 0 aromatic heterocycles. The number of nitrogens with zero attached hydrogens (tertiary/aromatic N) is 4. The zero-order chi connectivity index (χ0) is 12.3. The minimum Gasteiger partial charge on any atom is -0.444 e. The molecule has 7 heteroatoms. The summed E-state index contributed by atoms with van der Waals surface area (Å²) >= 11 is 0. The second kappa shape index (κ2) is 4.59. The van der Waals surface area contributed by atoms with Gasteiger partial charge >= 0.3 is 6.09 Å². The lowest BCUT2D eigenvalue weighted by molar-refractivity contribution is 0.0270. The van der Waals surface area contributed by atoms with Crippen LogP contribution in [0.5, 0.6) is 0 Å². The van der Waals surface area contributed by atoms with Crippen molar-refractivity contribution in [3.8, 4) is 0 Å². The number of aliphatic hydroxyl groups is 1. The molecule has 0 aliphatic carbocycles. The maximum atomic E-state index is 11.6. The first-order valence-corrected chi connectivity index (χ1v) is 5.03. The maximum Gasteiger partial charge on any atom is 0.410 e. The summed E-state index contributed by atoms with van der Waals surface area (Å²) in [5.41, 5.74) is 7.70. The molecule has 0 bridgehead atoms. The number of amides is 1. The Kier molecular flexibility index (Phi) is 3.62. The summed E-state index contributed by atoms with van der Waals surface area (Å²) in [5.74, 6) is 0. The normalized spacial score (nSPS) is 25.1. The lowest BCUT2D eigenvalue weighted by Gasteiger charge is -2.24. The Balaban J connectivity index is 2.58. The quantitative estimate of drug-likeness (QED) is 0.415. The van der Waals surface area contributed by atoms with Crippen LogP contribution in [0, 0.1) is 0 Å². The van der Waals surface area contributed by atoms with Crippen LogP contribution in [0.2, 0.25) is 0 Å². The molecular weight excluding hydrogens is 212 g/mol. The van der Waals surface area contributed by atoms with E-state index in [9.17, 15) is 9.90 Å². The van der Waals surface area contributed by atoms with Gasteiger partial charge in [-0.2, -0.15) is 0 Å². The third kappa shape index (κ3) is 3.29. The second-order valence-electron chi connectivity index (χ2n) is 4.72. The molecule has 0 radical (unpaired) electrons. The Morgan fingerprint density at radius 2 is 2.19 bits per heavy atom. The number of azide groups is 1. The summed E-state index contributed by atoms with van der Waals surface area (Å²) < 4.78 is 5.14. The minimum atomic E-state index is -0.816. The molecule has 1 heterocycles. The standard InChI is InChI=1S/C9H16N4O3/c1-9(2,3)16-8(15)13-4-6(11-12-10)7(14)5-13/h6-7,14H,4-5H2,1-3H3/t6-,7+/m0/s1. The fraction of sp³-hybridized carbons (Fsp3) is 0.889. The summed E-state index contributed by atoms with van der Waals surface area (Å²) in [4.78, 5) is 15.6. The Morgan fingerprint density at radius 3 is 2.69 bits per heavy atom. The number of likely N-dealkylation sites (tertiary alicyclic amines) is 1. The molecular formula is C9H16N4O3. The van der Waals surface area contributed by atoms with E-state index in [1.807, 2.05) is 0 Å². The molecule has 7 nitrogen and oxygen atoms in total. The third-order valence-corrected chi connectivity index (χ3v) is 2.11. The Bertz CT molecular complexity index is 319. The summed E-state index contributed by atoms with van der Waals surface area (Å²) in [7, 11) is 0. The van der Waals surface area contributed by atoms with E-state index in [1.165, 1.54) is 4.90 Å². The van der Waals surface area contributed by atoms with Gasteiger partial charge in [-0.15, -0.1) is 0 Å². The van der Waals surface area contributed by atoms with Crippen LogP contribution < -0.4 is 0 Å². The second-order valence-corrected chi connectivity index (χ2v) is 4.72. The Hall–Kier alpha value is -1.46. The van der Waals surface area contributed by atoms with Gasteiger partial charge in [0.25, 0.3) is 0 Å². The summed E-state index contributed by atoms with van der Waals surface area (Å²) in [6.45, 7) is 5.63. The van der Waals surface area contributed by atoms with Gasteiger partial charge in [-0.25, -0.2) is 4.79 Å². The average molecular weight is 228 g/mol. The molecule has 2 atom stereocenters. The zero-order valence-electron chi connectivity index (χ0n) is 9.62. The highest BCUT2D eigenvalue weighted by Gasteiger charge is 2.35. The van der Waals surface area contributed by atoms with E-state index < -0.39 is 23.8 Å². The smallest absolute Gasteiger partial charge is 0.410 e. The molecule has 0 aromatic carbocycles. The van der Waals surface area contributed by atoms with Gasteiger partial charge in [-0.3, -0.25) is 0 Å². The molecule has 1 amide bonds. The first kappa shape index (κ1) is 12.6. The Labute approximate surface area is 93.6 Å². The van der Waals surface area contributed by atoms with Crippen molar-refractivity contribution in [2.24, 2.45) is 5.11 Å². The molecule has 0 spiro atoms. The fourth-order valence-corrected chi connectivity index (χ4v) is 1.42. The van der Waals surface area contributed by atoms with Crippen molar-refractivity contribution in [1.82, 2.24) is 4.90 Å². The van der Waals surface area contributed by atoms with Gasteiger partial charge in [0.2, 0.25) is 0 Å². The summed E-state index contributed by atoms with van der Waals surface area (Å²) in [6, 6.07) is -0.586. The largest absolute Gasteiger partial charge is 0.444 e. The molecule has 1 fully saturated rings. The Morgan fingerprint density at radius 1 is 1.56 bits per heavy atom. The number of hydrogen-bond acceptors (Lipinski definition) is 4. The highest BCUT2D eigenvalue weighted by atomic mass is 16.6. The van der Waals surface area contributed by atoms with E-state index in [2.05, 4.69) is 10.0 Å². The molecule has 1 aliphatic rings. The molecule has 90 valence electrons. The van der Waals surface area contributed by atoms with Crippen molar-refractivity contribution >= 4 is 6.09 Å². The van der Waals surface area contributed by atoms with E-state index in [0.717, 1.165) is 0 Å². The number of carbonyl (C=O) groups excluding carboxylic acids is 1. The summed E-state index contributed by atoms with van der Waals surface area (Å²) in [5, 5.41) is 12.9. The van der Waals surface area contributed by atoms with Crippen molar-refractivity contribution < 1.29 is 14.6 Å². The van der Waals surface area contributed by atoms with Crippen molar-refractivity contribution in [3.05, 3.63) is 10.4 Å². The molecule has 1 saturated heterocycles.